The molecule has 2 saturated heterocycles. The molecule has 0 amide bonds. The first kappa shape index (κ1) is 14.4. The van der Waals surface area contributed by atoms with Gasteiger partial charge in [0.25, 0.3) is 5.65 Å². The first-order chi connectivity index (χ1) is 11.7. The summed E-state index contributed by atoms with van der Waals surface area (Å²) in [5.74, 6) is 0.986. The summed E-state index contributed by atoms with van der Waals surface area (Å²) < 4.78 is 3.94. The second kappa shape index (κ2) is 5.29. The smallest absolute Gasteiger partial charge is 0.295 e. The minimum absolute atomic E-state index is 0.661. The third-order valence-electron chi connectivity index (χ3n) is 5.27. The van der Waals surface area contributed by atoms with Gasteiger partial charge in [-0.1, -0.05) is 11.6 Å². The Balaban J connectivity index is 1.68. The molecule has 0 aliphatic carbocycles. The lowest BCUT2D eigenvalue weighted by atomic mass is 10.1. The normalized spacial score (nSPS) is 21.8. The van der Waals surface area contributed by atoms with Crippen LogP contribution in [0.15, 0.2) is 24.5 Å². The van der Waals surface area contributed by atoms with Gasteiger partial charge in [0.15, 0.2) is 6.33 Å². The van der Waals surface area contributed by atoms with Crippen LogP contribution >= 0.6 is 11.6 Å². The summed E-state index contributed by atoms with van der Waals surface area (Å²) in [7, 11) is 1.95. The molecule has 1 aromatic carbocycles. The van der Waals surface area contributed by atoms with Crippen LogP contribution in [0.2, 0.25) is 5.02 Å². The van der Waals surface area contributed by atoms with Gasteiger partial charge in [-0.05, 0) is 42.7 Å². The number of rotatable bonds is 1. The highest BCUT2D eigenvalue weighted by Gasteiger charge is 2.34. The molecule has 2 aliphatic rings. The Morgan fingerprint density at radius 2 is 2.17 bits per heavy atom. The molecule has 24 heavy (non-hydrogen) atoms. The van der Waals surface area contributed by atoms with E-state index in [-0.39, 0.29) is 0 Å². The van der Waals surface area contributed by atoms with Crippen LogP contribution in [0.4, 0.5) is 5.95 Å². The third-order valence-corrected chi connectivity index (χ3v) is 5.50. The number of halogens is 1. The SMILES string of the molecule is Cn1c[n+]2c(N3CCN4CCCC4C3)nc3ccc(Cl)cc3c2n1. The molecular formula is C17H20ClN6+. The van der Waals surface area contributed by atoms with E-state index < -0.39 is 0 Å². The monoisotopic (exact) mass is 343 g/mol. The molecule has 4 heterocycles. The van der Waals surface area contributed by atoms with Crippen LogP contribution in [0.25, 0.3) is 16.6 Å². The Morgan fingerprint density at radius 3 is 3.08 bits per heavy atom. The van der Waals surface area contributed by atoms with E-state index >= 15 is 0 Å². The highest BCUT2D eigenvalue weighted by molar-refractivity contribution is 6.31. The molecule has 0 spiro atoms. The van der Waals surface area contributed by atoms with E-state index in [0.717, 1.165) is 42.1 Å². The number of aryl methyl sites for hydroxylation is 1. The molecule has 0 bridgehead atoms. The number of anilines is 1. The van der Waals surface area contributed by atoms with Gasteiger partial charge in [0, 0.05) is 17.6 Å². The van der Waals surface area contributed by atoms with Crippen LogP contribution in [-0.2, 0) is 7.05 Å². The topological polar surface area (TPSA) is 41.3 Å². The molecule has 0 saturated carbocycles. The molecule has 3 aromatic rings. The minimum Gasteiger partial charge on any atom is -0.295 e. The zero-order valence-corrected chi connectivity index (χ0v) is 14.4. The molecule has 0 radical (unpaired) electrons. The highest BCUT2D eigenvalue weighted by atomic mass is 35.5. The lowest BCUT2D eigenvalue weighted by Gasteiger charge is -2.35. The van der Waals surface area contributed by atoms with E-state index in [1.165, 1.54) is 19.4 Å². The first-order valence-corrected chi connectivity index (χ1v) is 8.90. The van der Waals surface area contributed by atoms with E-state index in [4.69, 9.17) is 16.6 Å². The second-order valence-corrected chi connectivity index (χ2v) is 7.27. The maximum atomic E-state index is 6.19. The Labute approximate surface area is 145 Å². The maximum Gasteiger partial charge on any atom is 0.328 e. The van der Waals surface area contributed by atoms with Gasteiger partial charge in [0.05, 0.1) is 25.5 Å². The van der Waals surface area contributed by atoms with E-state index in [1.54, 1.807) is 0 Å². The lowest BCUT2D eigenvalue weighted by Crippen LogP contribution is -2.52. The van der Waals surface area contributed by atoms with Crippen molar-refractivity contribution in [3.63, 3.8) is 0 Å². The molecular weight excluding hydrogens is 324 g/mol. The zero-order chi connectivity index (χ0) is 16.3. The van der Waals surface area contributed by atoms with Crippen molar-refractivity contribution in [1.82, 2.24) is 19.7 Å². The van der Waals surface area contributed by atoms with Gasteiger partial charge in [0.1, 0.15) is 5.52 Å². The molecule has 1 unspecified atom stereocenters. The van der Waals surface area contributed by atoms with Gasteiger partial charge in [0.2, 0.25) is 0 Å². The van der Waals surface area contributed by atoms with Crippen LogP contribution in [0.1, 0.15) is 12.8 Å². The van der Waals surface area contributed by atoms with Crippen molar-refractivity contribution in [3.8, 4) is 0 Å². The van der Waals surface area contributed by atoms with Gasteiger partial charge >= 0.3 is 5.95 Å². The predicted molar refractivity (Wildman–Crippen MR) is 93.5 cm³/mol. The summed E-state index contributed by atoms with van der Waals surface area (Å²) in [6.45, 7) is 4.42. The Hall–Kier alpha value is -1.92. The minimum atomic E-state index is 0.661. The quantitative estimate of drug-likeness (QED) is 0.630. The molecule has 124 valence electrons. The van der Waals surface area contributed by atoms with Gasteiger partial charge in [-0.15, -0.1) is 4.98 Å². The first-order valence-electron chi connectivity index (χ1n) is 8.52. The lowest BCUT2D eigenvalue weighted by molar-refractivity contribution is -0.501. The summed E-state index contributed by atoms with van der Waals surface area (Å²) in [6, 6.07) is 6.50. The Bertz CT molecular complexity index is 936. The van der Waals surface area contributed by atoms with Crippen molar-refractivity contribution in [2.75, 3.05) is 31.1 Å². The molecule has 6 nitrogen and oxygen atoms in total. The van der Waals surface area contributed by atoms with E-state index in [9.17, 15) is 0 Å². The Morgan fingerprint density at radius 1 is 1.25 bits per heavy atom. The molecule has 1 atom stereocenters. The van der Waals surface area contributed by atoms with Gasteiger partial charge in [-0.2, -0.15) is 9.08 Å². The summed E-state index contributed by atoms with van der Waals surface area (Å²) in [5.41, 5.74) is 1.86. The van der Waals surface area contributed by atoms with Crippen LogP contribution in [0.3, 0.4) is 0 Å². The zero-order valence-electron chi connectivity index (χ0n) is 13.7. The molecule has 2 fully saturated rings. The fourth-order valence-corrected chi connectivity index (χ4v) is 4.29. The molecule has 2 aliphatic heterocycles. The van der Waals surface area contributed by atoms with Gasteiger partial charge < -0.3 is 0 Å². The van der Waals surface area contributed by atoms with Crippen molar-refractivity contribution < 1.29 is 4.40 Å². The van der Waals surface area contributed by atoms with E-state index in [0.29, 0.717) is 11.1 Å². The summed E-state index contributed by atoms with van der Waals surface area (Å²) in [6.07, 6.45) is 4.61. The molecule has 5 rings (SSSR count). The molecule has 7 heteroatoms. The summed E-state index contributed by atoms with van der Waals surface area (Å²) >= 11 is 6.19. The number of fused-ring (bicyclic) bond motifs is 4. The number of hydrogen-bond acceptors (Lipinski definition) is 4. The number of benzene rings is 1. The average Bonchev–Trinajstić information content (AvgIpc) is 3.19. The number of nitrogens with zero attached hydrogens (tertiary/aromatic N) is 6. The summed E-state index contributed by atoms with van der Waals surface area (Å²) in [4.78, 5) is 9.98. The van der Waals surface area contributed by atoms with Crippen molar-refractivity contribution in [2.45, 2.75) is 18.9 Å². The fraction of sp³-hybridized carbons (Fsp3) is 0.471. The van der Waals surface area contributed by atoms with Crippen molar-refractivity contribution in [3.05, 3.63) is 29.5 Å². The van der Waals surface area contributed by atoms with Crippen LogP contribution in [-0.4, -0.2) is 51.9 Å². The van der Waals surface area contributed by atoms with Crippen LogP contribution < -0.4 is 9.30 Å². The maximum absolute atomic E-state index is 6.19. The number of hydrogen-bond donors (Lipinski definition) is 0. The number of piperazine rings is 1. The molecule has 2 aromatic heterocycles. The largest absolute Gasteiger partial charge is 0.328 e. The summed E-state index contributed by atoms with van der Waals surface area (Å²) in [5, 5.41) is 6.35. The Kier molecular flexibility index (Phi) is 3.18. The second-order valence-electron chi connectivity index (χ2n) is 6.83. The van der Waals surface area contributed by atoms with Gasteiger partial charge in [-0.3, -0.25) is 9.80 Å². The molecule has 0 N–H and O–H groups in total. The van der Waals surface area contributed by atoms with E-state index in [1.807, 2.05) is 36.3 Å². The van der Waals surface area contributed by atoms with Crippen molar-refractivity contribution >= 4 is 34.1 Å². The standard InChI is InChI=1S/C17H20ClN6/c1-21-11-24-16(20-21)14-9-12(18)4-5-15(14)19-17(24)23-8-7-22-6-2-3-13(22)10-23/h4-5,9,11,13H,2-3,6-8,10H2,1H3/q+1. The highest BCUT2D eigenvalue weighted by Crippen LogP contribution is 2.26. The average molecular weight is 344 g/mol. The van der Waals surface area contributed by atoms with Crippen LogP contribution in [0.5, 0.6) is 0 Å². The predicted octanol–water partition coefficient (Wildman–Crippen LogP) is 1.64. The third kappa shape index (κ3) is 2.17. The fourth-order valence-electron chi connectivity index (χ4n) is 4.12. The number of aromatic nitrogens is 4. The van der Waals surface area contributed by atoms with Crippen molar-refractivity contribution in [1.29, 1.82) is 0 Å². The van der Waals surface area contributed by atoms with Gasteiger partial charge in [-0.25, -0.2) is 0 Å². The van der Waals surface area contributed by atoms with Crippen LogP contribution in [0, 0.1) is 0 Å². The van der Waals surface area contributed by atoms with E-state index in [2.05, 4.69) is 19.3 Å². The van der Waals surface area contributed by atoms with Crippen molar-refractivity contribution in [2.24, 2.45) is 7.05 Å².